The molecule has 3 rings (SSSR count). The Morgan fingerprint density at radius 2 is 2.19 bits per heavy atom. The van der Waals surface area contributed by atoms with Gasteiger partial charge in [-0.2, -0.15) is 5.26 Å². The fourth-order valence-corrected chi connectivity index (χ4v) is 3.07. The molecule has 2 heterocycles. The molecule has 1 atom stereocenters. The van der Waals surface area contributed by atoms with Gasteiger partial charge in [0.05, 0.1) is 17.3 Å². The number of thiazole rings is 1. The summed E-state index contributed by atoms with van der Waals surface area (Å²) in [5.74, 6) is -0.115. The van der Waals surface area contributed by atoms with Crippen molar-refractivity contribution in [2.75, 3.05) is 0 Å². The minimum absolute atomic E-state index is 0.242. The van der Waals surface area contributed by atoms with Crippen LogP contribution in [-0.2, 0) is 0 Å². The number of nitriles is 1. The molecular formula is C15H14N4OS. The summed E-state index contributed by atoms with van der Waals surface area (Å²) in [5, 5.41) is 11.8. The molecular weight excluding hydrogens is 284 g/mol. The van der Waals surface area contributed by atoms with Gasteiger partial charge in [-0.25, -0.2) is 15.0 Å². The molecule has 0 N–H and O–H groups in total. The summed E-state index contributed by atoms with van der Waals surface area (Å²) in [6, 6.07) is 2.07. The predicted octanol–water partition coefficient (Wildman–Crippen LogP) is 2.92. The van der Waals surface area contributed by atoms with Crippen molar-refractivity contribution in [3.05, 3.63) is 39.4 Å². The molecule has 0 bridgehead atoms. The number of hydrogen-bond acceptors (Lipinski definition) is 6. The zero-order chi connectivity index (χ0) is 15.0. The highest BCUT2D eigenvalue weighted by Gasteiger charge is 2.33. The molecule has 106 valence electrons. The fourth-order valence-electron chi connectivity index (χ4n) is 2.23. The van der Waals surface area contributed by atoms with Gasteiger partial charge in [-0.15, -0.1) is 11.3 Å². The number of aryl methyl sites for hydroxylation is 2. The molecule has 0 radical (unpaired) electrons. The van der Waals surface area contributed by atoms with E-state index in [1.54, 1.807) is 6.20 Å². The quantitative estimate of drug-likeness (QED) is 0.811. The Balaban J connectivity index is 1.99. The van der Waals surface area contributed by atoms with Crippen molar-refractivity contribution in [1.29, 1.82) is 5.26 Å². The first-order chi connectivity index (χ1) is 10.1. The Labute approximate surface area is 126 Å². The molecule has 5 nitrogen and oxygen atoms in total. The first kappa shape index (κ1) is 13.8. The Hall–Kier alpha value is -2.13. The van der Waals surface area contributed by atoms with Crippen molar-refractivity contribution >= 4 is 17.1 Å². The number of aromatic nitrogens is 3. The zero-order valence-electron chi connectivity index (χ0n) is 11.8. The van der Waals surface area contributed by atoms with E-state index in [1.165, 1.54) is 11.3 Å². The highest BCUT2D eigenvalue weighted by atomic mass is 32.1. The Bertz CT molecular complexity index is 742. The fraction of sp³-hybridized carbons (Fsp3) is 0.400. The summed E-state index contributed by atoms with van der Waals surface area (Å²) in [6.07, 6.45) is 3.65. The van der Waals surface area contributed by atoms with Gasteiger partial charge in [0.2, 0.25) is 0 Å². The van der Waals surface area contributed by atoms with Crippen LogP contribution in [-0.4, -0.2) is 20.7 Å². The van der Waals surface area contributed by atoms with Gasteiger partial charge in [0, 0.05) is 23.2 Å². The SMILES string of the molecule is Cc1csc(C(C#N)C(=O)c2cnc(C)nc2C2CC2)n1. The van der Waals surface area contributed by atoms with E-state index >= 15 is 0 Å². The minimum atomic E-state index is -0.868. The maximum Gasteiger partial charge on any atom is 0.190 e. The van der Waals surface area contributed by atoms with Crippen LogP contribution in [0.25, 0.3) is 0 Å². The molecule has 0 saturated heterocycles. The second-order valence-corrected chi connectivity index (χ2v) is 6.13. The van der Waals surface area contributed by atoms with E-state index in [-0.39, 0.29) is 5.78 Å². The van der Waals surface area contributed by atoms with Crippen LogP contribution in [0.1, 0.15) is 57.3 Å². The second kappa shape index (κ2) is 5.34. The van der Waals surface area contributed by atoms with Crippen LogP contribution >= 0.6 is 11.3 Å². The van der Waals surface area contributed by atoms with Gasteiger partial charge in [0.1, 0.15) is 10.8 Å². The average molecular weight is 298 g/mol. The molecule has 1 aliphatic rings. The number of hydrogen-bond donors (Lipinski definition) is 0. The lowest BCUT2D eigenvalue weighted by Gasteiger charge is -2.09. The molecule has 0 aromatic carbocycles. The van der Waals surface area contributed by atoms with E-state index < -0.39 is 5.92 Å². The Morgan fingerprint density at radius 1 is 1.43 bits per heavy atom. The Morgan fingerprint density at radius 3 is 2.76 bits per heavy atom. The summed E-state index contributed by atoms with van der Waals surface area (Å²) in [4.78, 5) is 25.5. The maximum atomic E-state index is 12.7. The van der Waals surface area contributed by atoms with Crippen molar-refractivity contribution in [1.82, 2.24) is 15.0 Å². The first-order valence-corrected chi connectivity index (χ1v) is 7.67. The molecule has 0 amide bonds. The van der Waals surface area contributed by atoms with Crippen molar-refractivity contribution < 1.29 is 4.79 Å². The number of carbonyl (C=O) groups is 1. The summed E-state index contributed by atoms with van der Waals surface area (Å²) in [6.45, 7) is 3.66. The molecule has 1 fully saturated rings. The van der Waals surface area contributed by atoms with Crippen LogP contribution < -0.4 is 0 Å². The first-order valence-electron chi connectivity index (χ1n) is 6.79. The van der Waals surface area contributed by atoms with Crippen molar-refractivity contribution in [2.45, 2.75) is 38.5 Å². The highest BCUT2D eigenvalue weighted by molar-refractivity contribution is 7.10. The van der Waals surface area contributed by atoms with E-state index in [9.17, 15) is 10.1 Å². The van der Waals surface area contributed by atoms with Crippen LogP contribution in [0.5, 0.6) is 0 Å². The molecule has 0 spiro atoms. The molecule has 2 aromatic heterocycles. The number of ketones is 1. The summed E-state index contributed by atoms with van der Waals surface area (Å²) in [7, 11) is 0. The molecule has 1 unspecified atom stereocenters. The summed E-state index contributed by atoms with van der Waals surface area (Å²) < 4.78 is 0. The normalized spacial score (nSPS) is 15.5. The third kappa shape index (κ3) is 2.69. The molecule has 6 heteroatoms. The van der Waals surface area contributed by atoms with Gasteiger partial charge in [-0.3, -0.25) is 4.79 Å². The zero-order valence-corrected chi connectivity index (χ0v) is 12.6. The van der Waals surface area contributed by atoms with E-state index in [0.29, 0.717) is 22.3 Å². The lowest BCUT2D eigenvalue weighted by atomic mass is 9.97. The van der Waals surface area contributed by atoms with Gasteiger partial charge in [0.25, 0.3) is 0 Å². The van der Waals surface area contributed by atoms with Gasteiger partial charge in [-0.1, -0.05) is 0 Å². The average Bonchev–Trinajstić information content (AvgIpc) is 3.22. The highest BCUT2D eigenvalue weighted by Crippen LogP contribution is 2.41. The molecule has 1 aliphatic carbocycles. The van der Waals surface area contributed by atoms with Gasteiger partial charge < -0.3 is 0 Å². The Kier molecular flexibility index (Phi) is 3.52. The van der Waals surface area contributed by atoms with E-state index in [2.05, 4.69) is 21.0 Å². The van der Waals surface area contributed by atoms with Crippen LogP contribution in [0.4, 0.5) is 0 Å². The smallest absolute Gasteiger partial charge is 0.190 e. The standard InChI is InChI=1S/C15H14N4OS/c1-8-7-21-15(18-8)11(5-16)14(20)12-6-17-9(2)19-13(12)10-3-4-10/h6-7,10-11H,3-4H2,1-2H3. The van der Waals surface area contributed by atoms with Crippen molar-refractivity contribution in [2.24, 2.45) is 0 Å². The predicted molar refractivity (Wildman–Crippen MR) is 78.3 cm³/mol. The van der Waals surface area contributed by atoms with Gasteiger partial charge in [0.15, 0.2) is 11.7 Å². The van der Waals surface area contributed by atoms with E-state index in [4.69, 9.17) is 0 Å². The number of rotatable bonds is 4. The monoisotopic (exact) mass is 298 g/mol. The van der Waals surface area contributed by atoms with Crippen LogP contribution in [0.2, 0.25) is 0 Å². The second-order valence-electron chi connectivity index (χ2n) is 5.24. The van der Waals surface area contributed by atoms with Crippen molar-refractivity contribution in [3.63, 3.8) is 0 Å². The summed E-state index contributed by atoms with van der Waals surface area (Å²) in [5.41, 5.74) is 2.09. The topological polar surface area (TPSA) is 79.5 Å². The third-order valence-corrected chi connectivity index (χ3v) is 4.47. The number of nitrogens with zero attached hydrogens (tertiary/aromatic N) is 4. The minimum Gasteiger partial charge on any atom is -0.292 e. The van der Waals surface area contributed by atoms with Crippen LogP contribution in [0.3, 0.4) is 0 Å². The number of Topliss-reactive ketones (excluding diaryl/α,β-unsaturated/α-hetero) is 1. The van der Waals surface area contributed by atoms with E-state index in [0.717, 1.165) is 24.2 Å². The third-order valence-electron chi connectivity index (χ3n) is 3.44. The van der Waals surface area contributed by atoms with Crippen LogP contribution in [0, 0.1) is 25.2 Å². The molecule has 0 aliphatic heterocycles. The maximum absolute atomic E-state index is 12.7. The molecule has 2 aromatic rings. The molecule has 1 saturated carbocycles. The summed E-state index contributed by atoms with van der Waals surface area (Å²) >= 11 is 1.34. The van der Waals surface area contributed by atoms with Crippen molar-refractivity contribution in [3.8, 4) is 6.07 Å². The van der Waals surface area contributed by atoms with E-state index in [1.807, 2.05) is 19.2 Å². The lowest BCUT2D eigenvalue weighted by molar-refractivity contribution is 0.0977. The largest absolute Gasteiger partial charge is 0.292 e. The van der Waals surface area contributed by atoms with Crippen LogP contribution in [0.15, 0.2) is 11.6 Å². The lowest BCUT2D eigenvalue weighted by Crippen LogP contribution is -2.15. The number of carbonyl (C=O) groups excluding carboxylic acids is 1. The van der Waals surface area contributed by atoms with Gasteiger partial charge >= 0.3 is 0 Å². The molecule has 21 heavy (non-hydrogen) atoms. The van der Waals surface area contributed by atoms with Gasteiger partial charge in [-0.05, 0) is 26.7 Å².